The lowest BCUT2D eigenvalue weighted by molar-refractivity contribution is -0.0208. The first-order valence-electron chi connectivity index (χ1n) is 8.43. The lowest BCUT2D eigenvalue weighted by Gasteiger charge is -2.28. The summed E-state index contributed by atoms with van der Waals surface area (Å²) in [5.41, 5.74) is 3.57. The lowest BCUT2D eigenvalue weighted by atomic mass is 9.96. The number of likely N-dealkylation sites (N-methyl/N-ethyl adjacent to an activating group) is 1. The Balaban J connectivity index is 1.62. The van der Waals surface area contributed by atoms with Gasteiger partial charge in [-0.15, -0.1) is 11.3 Å². The molecular formula is C18H23N3OS. The number of hydrogen-bond acceptors (Lipinski definition) is 5. The third kappa shape index (κ3) is 3.18. The third-order valence-corrected chi connectivity index (χ3v) is 5.88. The molecule has 2 aliphatic heterocycles. The van der Waals surface area contributed by atoms with Crippen LogP contribution in [0.15, 0.2) is 23.2 Å². The first-order valence-corrected chi connectivity index (χ1v) is 9.25. The van der Waals surface area contributed by atoms with Gasteiger partial charge in [-0.2, -0.15) is 0 Å². The van der Waals surface area contributed by atoms with Crippen LogP contribution in [0.3, 0.4) is 0 Å². The molecule has 0 radical (unpaired) electrons. The van der Waals surface area contributed by atoms with Crippen LogP contribution < -0.4 is 0 Å². The van der Waals surface area contributed by atoms with Crippen LogP contribution in [-0.2, 0) is 4.74 Å². The number of aliphatic imine (C=N–C) groups is 1. The van der Waals surface area contributed by atoms with Crippen molar-refractivity contribution in [2.45, 2.75) is 25.9 Å². The highest BCUT2D eigenvalue weighted by Gasteiger charge is 2.23. The normalized spacial score (nSPS) is 26.4. The van der Waals surface area contributed by atoms with E-state index in [1.807, 2.05) is 0 Å². The molecule has 23 heavy (non-hydrogen) atoms. The van der Waals surface area contributed by atoms with Crippen LogP contribution in [0.2, 0.25) is 0 Å². The van der Waals surface area contributed by atoms with Crippen molar-refractivity contribution in [2.75, 3.05) is 33.3 Å². The summed E-state index contributed by atoms with van der Waals surface area (Å²) in [6.07, 6.45) is 2.43. The van der Waals surface area contributed by atoms with E-state index in [0.717, 1.165) is 43.2 Å². The van der Waals surface area contributed by atoms with Gasteiger partial charge in [0, 0.05) is 25.3 Å². The van der Waals surface area contributed by atoms with Gasteiger partial charge in [-0.25, -0.2) is 4.98 Å². The topological polar surface area (TPSA) is 37.7 Å². The second-order valence-corrected chi connectivity index (χ2v) is 7.85. The van der Waals surface area contributed by atoms with Crippen molar-refractivity contribution in [3.63, 3.8) is 0 Å². The Labute approximate surface area is 141 Å². The maximum atomic E-state index is 5.90. The van der Waals surface area contributed by atoms with E-state index >= 15 is 0 Å². The predicted octanol–water partition coefficient (Wildman–Crippen LogP) is 3.52. The van der Waals surface area contributed by atoms with E-state index in [2.05, 4.69) is 37.1 Å². The Morgan fingerprint density at radius 2 is 2.26 bits per heavy atom. The van der Waals surface area contributed by atoms with Crippen molar-refractivity contribution in [3.8, 4) is 0 Å². The molecule has 2 atom stereocenters. The molecule has 122 valence electrons. The molecule has 1 aromatic heterocycles. The van der Waals surface area contributed by atoms with Crippen molar-refractivity contribution >= 4 is 27.3 Å². The highest BCUT2D eigenvalue weighted by Crippen LogP contribution is 2.31. The minimum absolute atomic E-state index is 0.113. The summed E-state index contributed by atoms with van der Waals surface area (Å²) in [7, 11) is 2.14. The van der Waals surface area contributed by atoms with E-state index in [4.69, 9.17) is 14.7 Å². The van der Waals surface area contributed by atoms with Crippen molar-refractivity contribution in [1.82, 2.24) is 9.88 Å². The summed E-state index contributed by atoms with van der Waals surface area (Å²) in [4.78, 5) is 11.9. The summed E-state index contributed by atoms with van der Waals surface area (Å²) in [6, 6.07) is 6.60. The number of fused-ring (bicyclic) bond motifs is 1. The molecule has 4 nitrogen and oxygen atoms in total. The molecule has 2 aliphatic rings. The molecule has 0 spiro atoms. The lowest BCUT2D eigenvalue weighted by Crippen LogP contribution is -2.35. The fourth-order valence-corrected chi connectivity index (χ4v) is 4.23. The van der Waals surface area contributed by atoms with Gasteiger partial charge in [-0.05, 0) is 43.5 Å². The highest BCUT2D eigenvalue weighted by atomic mass is 32.1. The van der Waals surface area contributed by atoms with Crippen LogP contribution in [0.25, 0.3) is 10.2 Å². The summed E-state index contributed by atoms with van der Waals surface area (Å²) >= 11 is 1.76. The van der Waals surface area contributed by atoms with Crippen LogP contribution in [0.5, 0.6) is 0 Å². The van der Waals surface area contributed by atoms with Gasteiger partial charge in [0.25, 0.3) is 0 Å². The van der Waals surface area contributed by atoms with Crippen LogP contribution in [0.1, 0.15) is 36.4 Å². The minimum atomic E-state index is 0.113. The maximum Gasteiger partial charge on any atom is 0.124 e. The number of thiazole rings is 1. The predicted molar refractivity (Wildman–Crippen MR) is 95.6 cm³/mol. The average Bonchev–Trinajstić information content (AvgIpc) is 2.99. The largest absolute Gasteiger partial charge is 0.368 e. The van der Waals surface area contributed by atoms with Crippen molar-refractivity contribution in [2.24, 2.45) is 10.9 Å². The molecule has 1 fully saturated rings. The molecule has 3 heterocycles. The molecule has 1 aromatic carbocycles. The van der Waals surface area contributed by atoms with Crippen molar-refractivity contribution < 1.29 is 4.74 Å². The number of nitrogens with zero attached hydrogens (tertiary/aromatic N) is 3. The monoisotopic (exact) mass is 329 g/mol. The zero-order chi connectivity index (χ0) is 15.8. The van der Waals surface area contributed by atoms with Crippen LogP contribution in [0, 0.1) is 5.92 Å². The van der Waals surface area contributed by atoms with E-state index in [9.17, 15) is 0 Å². The Bertz CT molecular complexity index is 739. The number of benzene rings is 1. The number of morpholine rings is 1. The van der Waals surface area contributed by atoms with Crippen LogP contribution in [0.4, 0.5) is 0 Å². The SMILES string of the molecule is CC1CCC(c2ccc3sc(C4CN(C)CCO4)nc3c2)=NC1. The molecule has 1 saturated heterocycles. The quantitative estimate of drug-likeness (QED) is 0.846. The highest BCUT2D eigenvalue weighted by molar-refractivity contribution is 7.18. The molecule has 0 amide bonds. The summed E-state index contributed by atoms with van der Waals surface area (Å²) in [5, 5.41) is 1.10. The van der Waals surface area contributed by atoms with E-state index in [0.29, 0.717) is 5.92 Å². The standard InChI is InChI=1S/C18H23N3OS/c1-12-3-5-14(19-10-12)13-4-6-17-15(9-13)20-18(23-17)16-11-21(2)7-8-22-16/h4,6,9,12,16H,3,5,7-8,10-11H2,1-2H3. The van der Waals surface area contributed by atoms with E-state index in [1.165, 1.54) is 22.4 Å². The zero-order valence-electron chi connectivity index (χ0n) is 13.8. The number of ether oxygens (including phenoxy) is 1. The summed E-state index contributed by atoms with van der Waals surface area (Å²) < 4.78 is 7.15. The van der Waals surface area contributed by atoms with Crippen LogP contribution >= 0.6 is 11.3 Å². The van der Waals surface area contributed by atoms with Gasteiger partial charge in [-0.3, -0.25) is 4.99 Å². The van der Waals surface area contributed by atoms with Crippen molar-refractivity contribution in [1.29, 1.82) is 0 Å². The average molecular weight is 329 g/mol. The maximum absolute atomic E-state index is 5.90. The Hall–Kier alpha value is -1.30. The van der Waals surface area contributed by atoms with E-state index in [-0.39, 0.29) is 6.10 Å². The van der Waals surface area contributed by atoms with Gasteiger partial charge >= 0.3 is 0 Å². The van der Waals surface area contributed by atoms with Gasteiger partial charge in [0.05, 0.1) is 16.8 Å². The summed E-state index contributed by atoms with van der Waals surface area (Å²) in [5.74, 6) is 0.716. The molecule has 0 bridgehead atoms. The van der Waals surface area contributed by atoms with Gasteiger partial charge < -0.3 is 9.64 Å². The number of hydrogen-bond donors (Lipinski definition) is 0. The Morgan fingerprint density at radius 1 is 1.35 bits per heavy atom. The molecular weight excluding hydrogens is 306 g/mol. The first kappa shape index (κ1) is 15.2. The molecule has 0 aliphatic carbocycles. The third-order valence-electron chi connectivity index (χ3n) is 4.75. The second-order valence-electron chi connectivity index (χ2n) is 6.79. The molecule has 2 aromatic rings. The Morgan fingerprint density at radius 3 is 3.04 bits per heavy atom. The van der Waals surface area contributed by atoms with Gasteiger partial charge in [0.2, 0.25) is 0 Å². The Kier molecular flexibility index (Phi) is 4.18. The van der Waals surface area contributed by atoms with Crippen LogP contribution in [-0.4, -0.2) is 48.9 Å². The van der Waals surface area contributed by atoms with E-state index in [1.54, 1.807) is 11.3 Å². The fourth-order valence-electron chi connectivity index (χ4n) is 3.24. The minimum Gasteiger partial charge on any atom is -0.368 e. The van der Waals surface area contributed by atoms with Gasteiger partial charge in [0.1, 0.15) is 11.1 Å². The molecule has 5 heteroatoms. The van der Waals surface area contributed by atoms with Gasteiger partial charge in [0.15, 0.2) is 0 Å². The smallest absolute Gasteiger partial charge is 0.124 e. The molecule has 2 unspecified atom stereocenters. The molecule has 0 N–H and O–H groups in total. The fraction of sp³-hybridized carbons (Fsp3) is 0.556. The molecule has 0 saturated carbocycles. The zero-order valence-corrected chi connectivity index (χ0v) is 14.6. The number of rotatable bonds is 2. The van der Waals surface area contributed by atoms with E-state index < -0.39 is 0 Å². The van der Waals surface area contributed by atoms with Gasteiger partial charge in [-0.1, -0.05) is 13.0 Å². The number of aromatic nitrogens is 1. The molecule has 4 rings (SSSR count). The van der Waals surface area contributed by atoms with Crippen molar-refractivity contribution in [3.05, 3.63) is 28.8 Å². The second kappa shape index (κ2) is 6.30. The summed E-state index contributed by atoms with van der Waals surface area (Å²) in [6.45, 7) is 5.95. The first-order chi connectivity index (χ1) is 11.2.